The van der Waals surface area contributed by atoms with Crippen LogP contribution in [0.4, 0.5) is 5.69 Å². The van der Waals surface area contributed by atoms with Crippen LogP contribution in [-0.4, -0.2) is 55.7 Å². The summed E-state index contributed by atoms with van der Waals surface area (Å²) >= 11 is 0. The second-order valence-corrected chi connectivity index (χ2v) is 6.84. The number of hydrogen-bond donors (Lipinski definition) is 0. The molecule has 1 atom stereocenters. The van der Waals surface area contributed by atoms with E-state index < -0.39 is 12.0 Å². The first-order chi connectivity index (χ1) is 14.5. The maximum absolute atomic E-state index is 13.3. The molecule has 0 saturated carbocycles. The van der Waals surface area contributed by atoms with Gasteiger partial charge in [0.1, 0.15) is 18.4 Å². The predicted octanol–water partition coefficient (Wildman–Crippen LogP) is 4.43. The summed E-state index contributed by atoms with van der Waals surface area (Å²) in [6.45, 7) is 11.1. The number of likely N-dealkylation sites (N-methyl/N-ethyl adjacent to an activating group) is 1. The molecule has 2 aromatic carbocycles. The standard InChI is InChI=1S/C24H32N2O4.ClH/c1-5-25(6-2)17-18-30-24(28)19(4)26(23(27)20-11-9-8-10-12-20)21-13-15-22(16-14-21)29-7-3;/h8-16,19H,5-7,17-18H2,1-4H3;1H/t19-;/m0./s1. The highest BCUT2D eigenvalue weighted by Gasteiger charge is 2.29. The minimum absolute atomic E-state index is 0. The van der Waals surface area contributed by atoms with E-state index in [9.17, 15) is 9.59 Å². The van der Waals surface area contributed by atoms with E-state index in [4.69, 9.17) is 9.47 Å². The Morgan fingerprint density at radius 3 is 2.10 bits per heavy atom. The summed E-state index contributed by atoms with van der Waals surface area (Å²) in [5.41, 5.74) is 1.12. The molecule has 170 valence electrons. The van der Waals surface area contributed by atoms with Crippen molar-refractivity contribution in [2.24, 2.45) is 0 Å². The van der Waals surface area contributed by atoms with E-state index in [1.54, 1.807) is 55.5 Å². The molecule has 2 aromatic rings. The number of ether oxygens (including phenoxy) is 2. The second kappa shape index (κ2) is 13.7. The fourth-order valence-electron chi connectivity index (χ4n) is 3.15. The Morgan fingerprint density at radius 2 is 1.55 bits per heavy atom. The van der Waals surface area contributed by atoms with Gasteiger partial charge in [-0.15, -0.1) is 12.4 Å². The summed E-state index contributed by atoms with van der Waals surface area (Å²) in [4.78, 5) is 29.7. The quantitative estimate of drug-likeness (QED) is 0.476. The molecule has 0 unspecified atom stereocenters. The van der Waals surface area contributed by atoms with Gasteiger partial charge in [-0.1, -0.05) is 32.0 Å². The van der Waals surface area contributed by atoms with Gasteiger partial charge in [0.2, 0.25) is 0 Å². The van der Waals surface area contributed by atoms with Gasteiger partial charge < -0.3 is 14.4 Å². The molecule has 0 aliphatic rings. The van der Waals surface area contributed by atoms with Gasteiger partial charge in [-0.25, -0.2) is 4.79 Å². The molecule has 0 saturated heterocycles. The maximum Gasteiger partial charge on any atom is 0.329 e. The third-order valence-corrected chi connectivity index (χ3v) is 4.94. The van der Waals surface area contributed by atoms with E-state index in [0.717, 1.165) is 13.1 Å². The van der Waals surface area contributed by atoms with Gasteiger partial charge in [-0.3, -0.25) is 9.69 Å². The highest BCUT2D eigenvalue weighted by molar-refractivity contribution is 6.09. The minimum atomic E-state index is -0.771. The molecule has 0 N–H and O–H groups in total. The van der Waals surface area contributed by atoms with E-state index in [1.165, 1.54) is 4.90 Å². The van der Waals surface area contributed by atoms with Crippen LogP contribution in [0.25, 0.3) is 0 Å². The molecule has 7 heteroatoms. The zero-order valence-electron chi connectivity index (χ0n) is 18.7. The Hall–Kier alpha value is -2.57. The first-order valence-electron chi connectivity index (χ1n) is 10.5. The molecular formula is C24H33ClN2O4. The number of rotatable bonds is 11. The molecule has 0 heterocycles. The molecule has 0 aliphatic carbocycles. The van der Waals surface area contributed by atoms with Gasteiger partial charge >= 0.3 is 5.97 Å². The molecule has 1 amide bonds. The van der Waals surface area contributed by atoms with Gasteiger partial charge in [0, 0.05) is 17.8 Å². The first-order valence-corrected chi connectivity index (χ1v) is 10.5. The zero-order valence-corrected chi connectivity index (χ0v) is 19.6. The van der Waals surface area contributed by atoms with Crippen molar-refractivity contribution in [1.29, 1.82) is 0 Å². The summed E-state index contributed by atoms with van der Waals surface area (Å²) in [5.74, 6) is 0.0242. The highest BCUT2D eigenvalue weighted by Crippen LogP contribution is 2.24. The van der Waals surface area contributed by atoms with Crippen molar-refractivity contribution >= 4 is 30.0 Å². The van der Waals surface area contributed by atoms with Crippen molar-refractivity contribution in [3.05, 3.63) is 60.2 Å². The lowest BCUT2D eigenvalue weighted by Crippen LogP contribution is -2.45. The lowest BCUT2D eigenvalue weighted by Gasteiger charge is -2.28. The van der Waals surface area contributed by atoms with Crippen LogP contribution in [0.2, 0.25) is 0 Å². The molecule has 0 radical (unpaired) electrons. The summed E-state index contributed by atoms with van der Waals surface area (Å²) < 4.78 is 11.0. The van der Waals surface area contributed by atoms with Crippen molar-refractivity contribution in [2.45, 2.75) is 33.7 Å². The van der Waals surface area contributed by atoms with E-state index in [1.807, 2.05) is 13.0 Å². The first kappa shape index (κ1) is 26.5. The monoisotopic (exact) mass is 448 g/mol. The molecule has 2 rings (SSSR count). The van der Waals surface area contributed by atoms with E-state index in [2.05, 4.69) is 18.7 Å². The number of amides is 1. The number of halogens is 1. The summed E-state index contributed by atoms with van der Waals surface area (Å²) in [7, 11) is 0. The number of carbonyl (C=O) groups excluding carboxylic acids is 2. The van der Waals surface area contributed by atoms with Gasteiger partial charge in [0.05, 0.1) is 6.61 Å². The fourth-order valence-corrected chi connectivity index (χ4v) is 3.15. The number of nitrogens with zero attached hydrogens (tertiary/aromatic N) is 2. The van der Waals surface area contributed by atoms with Gasteiger partial charge in [-0.2, -0.15) is 0 Å². The Kier molecular flexibility index (Phi) is 11.7. The Bertz CT molecular complexity index is 795. The van der Waals surface area contributed by atoms with Crippen LogP contribution in [0.15, 0.2) is 54.6 Å². The van der Waals surface area contributed by atoms with Gasteiger partial charge in [0.25, 0.3) is 5.91 Å². The van der Waals surface area contributed by atoms with Crippen LogP contribution < -0.4 is 9.64 Å². The number of benzene rings is 2. The average Bonchev–Trinajstić information content (AvgIpc) is 2.78. The SMILES string of the molecule is CCOc1ccc(N(C(=O)c2ccccc2)[C@@H](C)C(=O)OCCN(CC)CC)cc1.Cl. The van der Waals surface area contributed by atoms with Crippen LogP contribution in [0.3, 0.4) is 0 Å². The topological polar surface area (TPSA) is 59.1 Å². The lowest BCUT2D eigenvalue weighted by molar-refractivity contribution is -0.145. The molecule has 0 fully saturated rings. The Morgan fingerprint density at radius 1 is 0.935 bits per heavy atom. The van der Waals surface area contributed by atoms with Gasteiger partial charge in [0.15, 0.2) is 0 Å². The Balaban J connectivity index is 0.00000480. The normalized spacial score (nSPS) is 11.4. The molecule has 6 nitrogen and oxygen atoms in total. The molecule has 0 aromatic heterocycles. The molecule has 0 spiro atoms. The van der Waals surface area contributed by atoms with E-state index >= 15 is 0 Å². The third-order valence-electron chi connectivity index (χ3n) is 4.94. The van der Waals surface area contributed by atoms with Crippen molar-refractivity contribution < 1.29 is 19.1 Å². The molecule has 0 bridgehead atoms. The van der Waals surface area contributed by atoms with Crippen LogP contribution >= 0.6 is 12.4 Å². The number of esters is 1. The molecular weight excluding hydrogens is 416 g/mol. The Labute approximate surface area is 191 Å². The van der Waals surface area contributed by atoms with Crippen LogP contribution in [0.1, 0.15) is 38.1 Å². The second-order valence-electron chi connectivity index (χ2n) is 6.84. The van der Waals surface area contributed by atoms with Crippen molar-refractivity contribution in [1.82, 2.24) is 4.90 Å². The summed E-state index contributed by atoms with van der Waals surface area (Å²) in [5, 5.41) is 0. The fraction of sp³-hybridized carbons (Fsp3) is 0.417. The summed E-state index contributed by atoms with van der Waals surface area (Å²) in [6, 6.07) is 15.3. The van der Waals surface area contributed by atoms with Crippen LogP contribution in [0.5, 0.6) is 5.75 Å². The lowest BCUT2D eigenvalue weighted by atomic mass is 10.1. The zero-order chi connectivity index (χ0) is 21.9. The van der Waals surface area contributed by atoms with Crippen LogP contribution in [-0.2, 0) is 9.53 Å². The van der Waals surface area contributed by atoms with Crippen molar-refractivity contribution in [3.63, 3.8) is 0 Å². The third kappa shape index (κ3) is 7.56. The summed E-state index contributed by atoms with van der Waals surface area (Å²) in [6.07, 6.45) is 0. The predicted molar refractivity (Wildman–Crippen MR) is 126 cm³/mol. The van der Waals surface area contributed by atoms with Gasteiger partial charge in [-0.05, 0) is 63.3 Å². The average molecular weight is 449 g/mol. The van der Waals surface area contributed by atoms with Crippen molar-refractivity contribution in [2.75, 3.05) is 37.7 Å². The van der Waals surface area contributed by atoms with Crippen molar-refractivity contribution in [3.8, 4) is 5.75 Å². The molecule has 0 aliphatic heterocycles. The van der Waals surface area contributed by atoms with E-state index in [0.29, 0.717) is 36.8 Å². The molecule has 31 heavy (non-hydrogen) atoms. The maximum atomic E-state index is 13.3. The smallest absolute Gasteiger partial charge is 0.329 e. The van der Waals surface area contributed by atoms with Crippen LogP contribution in [0, 0.1) is 0 Å². The number of carbonyl (C=O) groups is 2. The van der Waals surface area contributed by atoms with E-state index in [-0.39, 0.29) is 18.3 Å². The largest absolute Gasteiger partial charge is 0.494 e. The minimum Gasteiger partial charge on any atom is -0.494 e. The number of anilines is 1. The highest BCUT2D eigenvalue weighted by atomic mass is 35.5. The number of hydrogen-bond acceptors (Lipinski definition) is 5.